The third-order valence-corrected chi connectivity index (χ3v) is 11.7. The Kier molecular flexibility index (Phi) is 6.33. The maximum atomic E-state index is 2.48. The molecule has 11 rings (SSSR count). The van der Waals surface area contributed by atoms with Gasteiger partial charge in [-0.15, -0.1) is 0 Å². The van der Waals surface area contributed by atoms with Crippen LogP contribution >= 0.6 is 0 Å². The highest BCUT2D eigenvalue weighted by molar-refractivity contribution is 6.14. The molecule has 0 N–H and O–H groups in total. The molecule has 1 aliphatic carbocycles. The molecule has 0 radical (unpaired) electrons. The van der Waals surface area contributed by atoms with Gasteiger partial charge in [0, 0.05) is 38.3 Å². The fraction of sp³-hybridized carbons (Fsp3) is 0.0588. The molecule has 0 spiro atoms. The first kappa shape index (κ1) is 30.0. The maximum Gasteiger partial charge on any atom is 0.0547 e. The van der Waals surface area contributed by atoms with E-state index in [0.29, 0.717) is 0 Å². The molecule has 2 heteroatoms. The Morgan fingerprint density at radius 1 is 0.321 bits per heavy atom. The van der Waals surface area contributed by atoms with Crippen molar-refractivity contribution in [3.05, 3.63) is 193 Å². The molecule has 0 saturated heterocycles. The number of hydrogen-bond acceptors (Lipinski definition) is 0. The van der Waals surface area contributed by atoms with E-state index in [0.717, 1.165) is 5.69 Å². The summed E-state index contributed by atoms with van der Waals surface area (Å²) in [5.41, 5.74) is 17.5. The van der Waals surface area contributed by atoms with Gasteiger partial charge in [-0.1, -0.05) is 129 Å². The van der Waals surface area contributed by atoms with E-state index in [4.69, 9.17) is 0 Å². The fourth-order valence-corrected chi connectivity index (χ4v) is 9.11. The van der Waals surface area contributed by atoms with Crippen LogP contribution in [-0.4, -0.2) is 9.13 Å². The summed E-state index contributed by atoms with van der Waals surface area (Å²) in [6.45, 7) is 4.74. The van der Waals surface area contributed by atoms with Crippen LogP contribution in [0.15, 0.2) is 182 Å². The van der Waals surface area contributed by atoms with Gasteiger partial charge in [0.15, 0.2) is 0 Å². The summed E-state index contributed by atoms with van der Waals surface area (Å²) in [7, 11) is 0. The van der Waals surface area contributed by atoms with Crippen LogP contribution in [0.3, 0.4) is 0 Å². The zero-order valence-electron chi connectivity index (χ0n) is 29.7. The van der Waals surface area contributed by atoms with Gasteiger partial charge in [0.1, 0.15) is 0 Å². The minimum absolute atomic E-state index is 0.0694. The lowest BCUT2D eigenvalue weighted by Crippen LogP contribution is -2.14. The second kappa shape index (κ2) is 11.2. The Morgan fingerprint density at radius 2 is 0.830 bits per heavy atom. The van der Waals surface area contributed by atoms with Crippen LogP contribution in [-0.2, 0) is 5.41 Å². The van der Waals surface area contributed by atoms with E-state index in [1.165, 1.54) is 93.8 Å². The van der Waals surface area contributed by atoms with E-state index < -0.39 is 0 Å². The van der Waals surface area contributed by atoms with Crippen molar-refractivity contribution in [2.45, 2.75) is 19.3 Å². The van der Waals surface area contributed by atoms with Crippen molar-refractivity contribution < 1.29 is 0 Å². The van der Waals surface area contributed by atoms with Crippen molar-refractivity contribution >= 4 is 43.6 Å². The van der Waals surface area contributed by atoms with Gasteiger partial charge >= 0.3 is 0 Å². The Labute approximate surface area is 308 Å². The molecular formula is C51H36N2. The van der Waals surface area contributed by atoms with Crippen molar-refractivity contribution in [1.29, 1.82) is 0 Å². The number of fused-ring (bicyclic) bond motifs is 9. The Balaban J connectivity index is 1.10. The molecule has 0 saturated carbocycles. The van der Waals surface area contributed by atoms with Crippen molar-refractivity contribution in [3.63, 3.8) is 0 Å². The highest BCUT2D eigenvalue weighted by Gasteiger charge is 2.36. The minimum Gasteiger partial charge on any atom is -0.309 e. The zero-order chi connectivity index (χ0) is 35.3. The Morgan fingerprint density at radius 3 is 1.57 bits per heavy atom. The van der Waals surface area contributed by atoms with Crippen molar-refractivity contribution in [3.8, 4) is 44.8 Å². The second-order valence-corrected chi connectivity index (χ2v) is 15.0. The minimum atomic E-state index is -0.0694. The molecule has 2 nitrogen and oxygen atoms in total. The van der Waals surface area contributed by atoms with Gasteiger partial charge in [0.2, 0.25) is 0 Å². The lowest BCUT2D eigenvalue weighted by molar-refractivity contribution is 0.661. The van der Waals surface area contributed by atoms with E-state index in [1.807, 2.05) is 0 Å². The number of para-hydroxylation sites is 2. The largest absolute Gasteiger partial charge is 0.309 e. The number of hydrogen-bond donors (Lipinski definition) is 0. The number of nitrogens with zero attached hydrogens (tertiary/aromatic N) is 2. The smallest absolute Gasteiger partial charge is 0.0547 e. The van der Waals surface area contributed by atoms with E-state index in [9.17, 15) is 0 Å². The summed E-state index contributed by atoms with van der Waals surface area (Å²) in [4.78, 5) is 0. The highest BCUT2D eigenvalue weighted by atomic mass is 15.0. The molecule has 0 amide bonds. The third kappa shape index (κ3) is 4.39. The fourth-order valence-electron chi connectivity index (χ4n) is 9.11. The molecule has 0 unspecified atom stereocenters. The lowest BCUT2D eigenvalue weighted by Gasteiger charge is -2.21. The molecule has 0 atom stereocenters. The van der Waals surface area contributed by atoms with Crippen LogP contribution < -0.4 is 0 Å². The molecule has 250 valence electrons. The van der Waals surface area contributed by atoms with Gasteiger partial charge in [-0.05, 0) is 111 Å². The summed E-state index contributed by atoms with van der Waals surface area (Å²) in [5.74, 6) is 0. The van der Waals surface area contributed by atoms with E-state index in [1.54, 1.807) is 0 Å². The van der Waals surface area contributed by atoms with Crippen LogP contribution in [0, 0.1) is 0 Å². The third-order valence-electron chi connectivity index (χ3n) is 11.7. The normalized spacial score (nSPS) is 13.2. The first-order valence-corrected chi connectivity index (χ1v) is 18.5. The van der Waals surface area contributed by atoms with Gasteiger partial charge in [-0.3, -0.25) is 0 Å². The highest BCUT2D eigenvalue weighted by Crippen LogP contribution is 2.51. The number of aromatic nitrogens is 2. The first-order chi connectivity index (χ1) is 26.0. The predicted octanol–water partition coefficient (Wildman–Crippen LogP) is 13.5. The van der Waals surface area contributed by atoms with Crippen LogP contribution in [0.1, 0.15) is 25.0 Å². The molecule has 0 bridgehead atoms. The lowest BCUT2D eigenvalue weighted by atomic mass is 9.82. The van der Waals surface area contributed by atoms with Gasteiger partial charge in [0.25, 0.3) is 0 Å². The maximum absolute atomic E-state index is 2.48. The topological polar surface area (TPSA) is 9.86 Å². The number of rotatable bonds is 4. The van der Waals surface area contributed by atoms with Crippen molar-refractivity contribution in [1.82, 2.24) is 9.13 Å². The summed E-state index contributed by atoms with van der Waals surface area (Å²) in [6, 6.07) is 67.0. The van der Waals surface area contributed by atoms with Gasteiger partial charge in [-0.2, -0.15) is 0 Å². The average Bonchev–Trinajstić information content (AvgIpc) is 3.80. The molecular weight excluding hydrogens is 641 g/mol. The van der Waals surface area contributed by atoms with Gasteiger partial charge in [-0.25, -0.2) is 0 Å². The monoisotopic (exact) mass is 676 g/mol. The molecule has 0 aliphatic heterocycles. The summed E-state index contributed by atoms with van der Waals surface area (Å²) < 4.78 is 4.85. The molecule has 8 aromatic carbocycles. The summed E-state index contributed by atoms with van der Waals surface area (Å²) in [6.07, 6.45) is 0. The van der Waals surface area contributed by atoms with Gasteiger partial charge < -0.3 is 9.13 Å². The second-order valence-electron chi connectivity index (χ2n) is 15.0. The molecule has 0 fully saturated rings. The zero-order valence-corrected chi connectivity index (χ0v) is 29.7. The van der Waals surface area contributed by atoms with Crippen molar-refractivity contribution in [2.75, 3.05) is 0 Å². The average molecular weight is 677 g/mol. The van der Waals surface area contributed by atoms with E-state index in [-0.39, 0.29) is 5.41 Å². The SMILES string of the molecule is CC1(C)c2ccccc2-c2cc3c(cc21)c1cc(-c2ccc4c(c2)c2ccccc2n4-c2ccc(-c4ccccc4)cc2)ccc1n3-c1ccccc1. The predicted molar refractivity (Wildman–Crippen MR) is 224 cm³/mol. The summed E-state index contributed by atoms with van der Waals surface area (Å²) >= 11 is 0. The van der Waals surface area contributed by atoms with Crippen molar-refractivity contribution in [2.24, 2.45) is 0 Å². The number of benzene rings is 8. The van der Waals surface area contributed by atoms with Crippen LogP contribution in [0.2, 0.25) is 0 Å². The quantitative estimate of drug-likeness (QED) is 0.176. The standard InChI is InChI=1S/C51H36N2/c1-51(2)45-19-11-9-17-39(45)41-32-50-44(31-46(41)51)43-30-36(24-28-49(43)53(50)37-15-7-4-8-16-37)35-23-27-48-42(29-35)40-18-10-12-20-47(40)52(48)38-25-21-34(22-26-38)33-13-5-3-6-14-33/h3-32H,1-2H3. The molecule has 2 aromatic heterocycles. The van der Waals surface area contributed by atoms with Gasteiger partial charge in [0.05, 0.1) is 22.1 Å². The molecule has 10 aromatic rings. The van der Waals surface area contributed by atoms with Crippen LogP contribution in [0.4, 0.5) is 0 Å². The molecule has 53 heavy (non-hydrogen) atoms. The van der Waals surface area contributed by atoms with Crippen LogP contribution in [0.25, 0.3) is 88.4 Å². The Hall–Kier alpha value is -6.64. The summed E-state index contributed by atoms with van der Waals surface area (Å²) in [5, 5.41) is 5.09. The molecule has 1 aliphatic rings. The Bertz CT molecular complexity index is 3050. The van der Waals surface area contributed by atoms with E-state index >= 15 is 0 Å². The van der Waals surface area contributed by atoms with Crippen LogP contribution in [0.5, 0.6) is 0 Å². The molecule has 2 heterocycles. The first-order valence-electron chi connectivity index (χ1n) is 18.5. The van der Waals surface area contributed by atoms with E-state index in [2.05, 4.69) is 205 Å².